The lowest BCUT2D eigenvalue weighted by Gasteiger charge is -2.43. The summed E-state index contributed by atoms with van der Waals surface area (Å²) < 4.78 is 74.0. The first kappa shape index (κ1) is 28.1. The summed E-state index contributed by atoms with van der Waals surface area (Å²) in [5.41, 5.74) is 1.40. The van der Waals surface area contributed by atoms with E-state index in [1.807, 2.05) is 0 Å². The molecule has 8 nitrogen and oxygen atoms in total. The highest BCUT2D eigenvalue weighted by atomic mass is 32.2. The molecule has 2 heterocycles. The highest BCUT2D eigenvalue weighted by Gasteiger charge is 2.52. The van der Waals surface area contributed by atoms with Crippen LogP contribution in [-0.2, 0) is 19.6 Å². The highest BCUT2D eigenvalue weighted by molar-refractivity contribution is 7.89. The molecular formula is C28H30F3N4O4S+. The lowest BCUT2D eigenvalue weighted by atomic mass is 9.68. The van der Waals surface area contributed by atoms with E-state index < -0.39 is 34.4 Å². The van der Waals surface area contributed by atoms with Gasteiger partial charge in [-0.25, -0.2) is 21.6 Å². The summed E-state index contributed by atoms with van der Waals surface area (Å²) in [6.45, 7) is -0.913. The zero-order chi connectivity index (χ0) is 28.5. The molecule has 2 aliphatic heterocycles. The molecule has 2 fully saturated rings. The van der Waals surface area contributed by atoms with E-state index in [9.17, 15) is 26.4 Å². The van der Waals surface area contributed by atoms with Crippen molar-refractivity contribution in [2.24, 2.45) is 5.41 Å². The molecule has 2 atom stereocenters. The van der Waals surface area contributed by atoms with Gasteiger partial charge in [-0.05, 0) is 48.7 Å². The van der Waals surface area contributed by atoms with Gasteiger partial charge in [0.1, 0.15) is 28.8 Å². The van der Waals surface area contributed by atoms with Gasteiger partial charge in [-0.15, -0.1) is 0 Å². The lowest BCUT2D eigenvalue weighted by Crippen LogP contribution is -2.76. The number of piperidine rings is 1. The average molecular weight is 576 g/mol. The number of hydrogen-bond donors (Lipinski definition) is 2. The van der Waals surface area contributed by atoms with Crippen molar-refractivity contribution < 1.29 is 36.4 Å². The van der Waals surface area contributed by atoms with E-state index in [0.29, 0.717) is 41.2 Å². The number of nitrogens with one attached hydrogen (secondary N) is 1. The van der Waals surface area contributed by atoms with Gasteiger partial charge in [0.25, 0.3) is 0 Å². The molecule has 12 heteroatoms. The van der Waals surface area contributed by atoms with Crippen molar-refractivity contribution in [3.05, 3.63) is 77.3 Å². The van der Waals surface area contributed by atoms with E-state index in [2.05, 4.69) is 0 Å². The number of ether oxygens (including phenoxy) is 1. The Bertz CT molecular complexity index is 1480. The first-order valence-electron chi connectivity index (χ1n) is 12.9. The largest absolute Gasteiger partial charge is 0.433 e. The number of nitrogens with two attached hydrogens (primary N) is 1. The van der Waals surface area contributed by atoms with Gasteiger partial charge >= 0.3 is 5.97 Å². The molecule has 1 aliphatic carbocycles. The van der Waals surface area contributed by atoms with Gasteiger partial charge in [0.15, 0.2) is 0 Å². The van der Waals surface area contributed by atoms with Crippen molar-refractivity contribution in [1.82, 2.24) is 4.31 Å². The van der Waals surface area contributed by atoms with Crippen LogP contribution >= 0.6 is 0 Å². The number of carbonyl (C=O) groups excluding carboxylic acids is 1. The van der Waals surface area contributed by atoms with Crippen LogP contribution in [0.4, 0.5) is 24.5 Å². The van der Waals surface area contributed by atoms with Crippen molar-refractivity contribution in [3.8, 4) is 0 Å². The topological polar surface area (TPSA) is 107 Å². The summed E-state index contributed by atoms with van der Waals surface area (Å²) in [5.74, 6) is -1.29. The van der Waals surface area contributed by atoms with E-state index in [-0.39, 0.29) is 43.2 Å². The fourth-order valence-corrected chi connectivity index (χ4v) is 7.20. The summed E-state index contributed by atoms with van der Waals surface area (Å²) in [4.78, 5) is 15.1. The standard InChI is InChI=1S/C28H29F3N4O4S/c29-18-39-27(36)28-14-19(15-32)26(33-23-6-4-21(30)5-7-23)12-20(28)8-11-35(17-28)40(37,38)25-3-1-2-24(13-25)34-10-9-22(31)16-34/h1-7,12-13,15,22,32-33H,8-11,14,16-18H2/p+1/t22-,28+/m1/s1. The van der Waals surface area contributed by atoms with Crippen molar-refractivity contribution in [1.29, 1.82) is 5.41 Å². The molecule has 2 saturated heterocycles. The summed E-state index contributed by atoms with van der Waals surface area (Å²) in [7, 11) is -4.09. The molecule has 3 aliphatic rings. The number of alkyl halides is 2. The van der Waals surface area contributed by atoms with Crippen LogP contribution in [0.15, 0.2) is 76.3 Å². The second-order valence-electron chi connectivity index (χ2n) is 10.2. The van der Waals surface area contributed by atoms with Gasteiger partial charge in [-0.2, -0.15) is 4.31 Å². The van der Waals surface area contributed by atoms with E-state index >= 15 is 0 Å². The number of fused-ring (bicyclic) bond motifs is 1. The number of allylic oxidation sites excluding steroid dienone is 2. The fraction of sp³-hybridized carbons (Fsp3) is 0.357. The third kappa shape index (κ3) is 5.30. The van der Waals surface area contributed by atoms with Gasteiger partial charge in [0.05, 0.1) is 4.90 Å². The Hall–Kier alpha value is -3.48. The smallest absolute Gasteiger partial charge is 0.320 e. The van der Waals surface area contributed by atoms with Gasteiger partial charge in [0, 0.05) is 68.3 Å². The highest BCUT2D eigenvalue weighted by Crippen LogP contribution is 2.46. The number of nitrogens with zero attached hydrogens (tertiary/aromatic N) is 2. The lowest BCUT2D eigenvalue weighted by molar-refractivity contribution is -0.513. The van der Waals surface area contributed by atoms with Crippen LogP contribution in [0.3, 0.4) is 0 Å². The number of carbonyl (C=O) groups is 1. The number of rotatable bonds is 8. The second-order valence-corrected chi connectivity index (χ2v) is 12.1. The van der Waals surface area contributed by atoms with Crippen LogP contribution in [0.2, 0.25) is 0 Å². The number of anilines is 1. The predicted octanol–water partition coefficient (Wildman–Crippen LogP) is 3.35. The minimum atomic E-state index is -4.09. The second kappa shape index (κ2) is 11.2. The third-order valence-corrected chi connectivity index (χ3v) is 9.62. The molecule has 0 amide bonds. The molecule has 212 valence electrons. The number of hydrogen-bond acceptors (Lipinski definition) is 6. The Morgan fingerprint density at radius 1 is 1.20 bits per heavy atom. The summed E-state index contributed by atoms with van der Waals surface area (Å²) in [5, 5.41) is 9.76. The molecule has 0 spiro atoms. The molecule has 5 rings (SSSR count). The summed E-state index contributed by atoms with van der Waals surface area (Å²) in [6.07, 6.45) is 2.33. The monoisotopic (exact) mass is 575 g/mol. The van der Waals surface area contributed by atoms with Crippen LogP contribution in [0.25, 0.3) is 0 Å². The maximum atomic E-state index is 13.8. The first-order chi connectivity index (χ1) is 19.2. The zero-order valence-corrected chi connectivity index (χ0v) is 22.5. The Morgan fingerprint density at radius 3 is 2.65 bits per heavy atom. The Morgan fingerprint density at radius 2 is 1.98 bits per heavy atom. The number of sulfonamides is 1. The number of quaternary nitrogens is 1. The van der Waals surface area contributed by atoms with E-state index in [1.54, 1.807) is 40.6 Å². The molecule has 0 aromatic heterocycles. The van der Waals surface area contributed by atoms with Gasteiger partial charge in [-0.3, -0.25) is 10.1 Å². The minimum Gasteiger partial charge on any atom is -0.433 e. The number of benzene rings is 2. The molecule has 2 aromatic carbocycles. The Labute approximate surface area is 230 Å². The van der Waals surface area contributed by atoms with E-state index in [4.69, 9.17) is 10.1 Å². The van der Waals surface area contributed by atoms with Crippen molar-refractivity contribution in [3.63, 3.8) is 0 Å². The van der Waals surface area contributed by atoms with Crippen LogP contribution in [0.5, 0.6) is 0 Å². The van der Waals surface area contributed by atoms with Crippen LogP contribution in [-0.4, -0.2) is 64.1 Å². The number of esters is 1. The predicted molar refractivity (Wildman–Crippen MR) is 143 cm³/mol. The molecule has 3 N–H and O–H groups in total. The van der Waals surface area contributed by atoms with Crippen molar-refractivity contribution in [2.45, 2.75) is 30.3 Å². The van der Waals surface area contributed by atoms with Crippen LogP contribution in [0, 0.1) is 16.6 Å². The molecule has 2 aromatic rings. The molecule has 40 heavy (non-hydrogen) atoms. The quantitative estimate of drug-likeness (QED) is 0.285. The van der Waals surface area contributed by atoms with Crippen molar-refractivity contribution >= 4 is 33.6 Å². The third-order valence-electron chi connectivity index (χ3n) is 7.78. The number of halogens is 3. The van der Waals surface area contributed by atoms with Gasteiger partial charge in [0.2, 0.25) is 16.9 Å². The molecular weight excluding hydrogens is 545 g/mol. The molecule has 0 bridgehead atoms. The maximum Gasteiger partial charge on any atom is 0.320 e. The van der Waals surface area contributed by atoms with Crippen molar-refractivity contribution in [2.75, 3.05) is 37.9 Å². The Balaban J connectivity index is 1.46. The molecule has 0 unspecified atom stereocenters. The van der Waals surface area contributed by atoms with Gasteiger partial charge < -0.3 is 15.0 Å². The summed E-state index contributed by atoms with van der Waals surface area (Å²) >= 11 is 0. The minimum absolute atomic E-state index is 0.0118. The average Bonchev–Trinajstić information content (AvgIpc) is 3.40. The van der Waals surface area contributed by atoms with Gasteiger partial charge in [-0.1, -0.05) is 6.07 Å². The van der Waals surface area contributed by atoms with E-state index in [0.717, 1.165) is 6.21 Å². The fourth-order valence-electron chi connectivity index (χ4n) is 5.66. The normalized spacial score (nSPS) is 23.5. The van der Waals surface area contributed by atoms with E-state index in [1.165, 1.54) is 28.6 Å². The Kier molecular flexibility index (Phi) is 7.85. The molecule has 0 saturated carbocycles. The first-order valence-corrected chi connectivity index (χ1v) is 14.4. The zero-order valence-electron chi connectivity index (χ0n) is 21.7. The van der Waals surface area contributed by atoms with Crippen LogP contribution < -0.4 is 10.2 Å². The SMILES string of the molecule is N=CC1=C([NH2+]c2ccc(F)cc2)C=C2CCN(S(=O)(=O)c3cccc(N4CC[C@@H](F)C4)c3)C[C@@]2(C(=O)OCF)C1. The van der Waals surface area contributed by atoms with Crippen LogP contribution in [0.1, 0.15) is 19.3 Å². The summed E-state index contributed by atoms with van der Waals surface area (Å²) in [6, 6.07) is 12.1. The molecule has 0 radical (unpaired) electrons. The maximum absolute atomic E-state index is 13.8.